The van der Waals surface area contributed by atoms with Crippen molar-refractivity contribution in [2.45, 2.75) is 39.5 Å². The van der Waals surface area contributed by atoms with E-state index < -0.39 is 11.6 Å². The van der Waals surface area contributed by atoms with E-state index in [0.717, 1.165) is 44.6 Å². The van der Waals surface area contributed by atoms with Gasteiger partial charge in [-0.05, 0) is 44.5 Å². The monoisotopic (exact) mass is 481 g/mol. The number of pyridine rings is 1. The molecule has 8 nitrogen and oxygen atoms in total. The van der Waals surface area contributed by atoms with Crippen LogP contribution in [-0.2, 0) is 11.3 Å². The van der Waals surface area contributed by atoms with Gasteiger partial charge in [-0.15, -0.1) is 0 Å². The lowest BCUT2D eigenvalue weighted by Crippen LogP contribution is -2.38. The zero-order valence-electron chi connectivity index (χ0n) is 20.1. The first-order valence-electron chi connectivity index (χ1n) is 11.8. The van der Waals surface area contributed by atoms with Crippen molar-refractivity contribution < 1.29 is 13.5 Å². The number of anilines is 4. The van der Waals surface area contributed by atoms with Crippen LogP contribution in [0.3, 0.4) is 0 Å². The summed E-state index contributed by atoms with van der Waals surface area (Å²) in [6.07, 6.45) is 2.82. The van der Waals surface area contributed by atoms with E-state index in [0.29, 0.717) is 22.8 Å². The second-order valence-electron chi connectivity index (χ2n) is 9.13. The van der Waals surface area contributed by atoms with E-state index in [1.807, 2.05) is 32.9 Å². The average Bonchev–Trinajstić information content (AvgIpc) is 3.19. The molecule has 3 aromatic rings. The maximum Gasteiger partial charge on any atom is 0.229 e. The Balaban J connectivity index is 1.37. The first kappa shape index (κ1) is 23.4. The zero-order chi connectivity index (χ0) is 24.5. The van der Waals surface area contributed by atoms with E-state index in [9.17, 15) is 8.78 Å². The minimum Gasteiger partial charge on any atom is -0.379 e. The zero-order valence-corrected chi connectivity index (χ0v) is 20.1. The van der Waals surface area contributed by atoms with Crippen molar-refractivity contribution in [3.63, 3.8) is 0 Å². The number of nitrogens with zero attached hydrogens (tertiary/aromatic N) is 5. The molecule has 0 amide bonds. The summed E-state index contributed by atoms with van der Waals surface area (Å²) in [5, 5.41) is 6.18. The van der Waals surface area contributed by atoms with E-state index in [1.54, 1.807) is 12.3 Å². The first-order valence-corrected chi connectivity index (χ1v) is 11.8. The lowest BCUT2D eigenvalue weighted by molar-refractivity contribution is 0.0341. The molecule has 1 unspecified atom stereocenters. The molecular weight excluding hydrogens is 452 g/mol. The van der Waals surface area contributed by atoms with Crippen molar-refractivity contribution in [2.75, 3.05) is 41.8 Å². The van der Waals surface area contributed by atoms with Crippen molar-refractivity contribution in [1.82, 2.24) is 19.9 Å². The summed E-state index contributed by atoms with van der Waals surface area (Å²) >= 11 is 0. The molecule has 2 aromatic heterocycles. The quantitative estimate of drug-likeness (QED) is 0.537. The number of hydrogen-bond donors (Lipinski definition) is 2. The summed E-state index contributed by atoms with van der Waals surface area (Å²) in [7, 11) is 0. The Labute approximate surface area is 203 Å². The Kier molecular flexibility index (Phi) is 6.48. The smallest absolute Gasteiger partial charge is 0.229 e. The predicted octanol–water partition coefficient (Wildman–Crippen LogP) is 4.38. The Hall–Kier alpha value is -3.37. The van der Waals surface area contributed by atoms with Crippen LogP contribution in [-0.4, -0.2) is 58.4 Å². The number of nitrogens with one attached hydrogen (secondary N) is 2. The molecule has 2 N–H and O–H groups in total. The standard InChI is InChI=1S/C25H29F2N7O/c1-15(2)34-16(3)30-24-19(26)10-18(11-21(24)34)23-20(27)13-29-25(32-23)31-22-5-4-17(12-28-22)14-33-6-8-35-9-7-33/h4-5,10-13,15-16,30H,6-9,14H2,1-3H3,(H,28,29,31,32). The first-order chi connectivity index (χ1) is 16.9. The van der Waals surface area contributed by atoms with E-state index in [2.05, 4.69) is 35.4 Å². The Morgan fingerprint density at radius 1 is 1.11 bits per heavy atom. The summed E-state index contributed by atoms with van der Waals surface area (Å²) < 4.78 is 35.1. The Morgan fingerprint density at radius 2 is 1.91 bits per heavy atom. The van der Waals surface area contributed by atoms with Gasteiger partial charge in [0.25, 0.3) is 0 Å². The van der Waals surface area contributed by atoms with Gasteiger partial charge >= 0.3 is 0 Å². The van der Waals surface area contributed by atoms with E-state index >= 15 is 0 Å². The van der Waals surface area contributed by atoms with Crippen LogP contribution in [0.2, 0.25) is 0 Å². The fourth-order valence-corrected chi connectivity index (χ4v) is 4.64. The molecule has 0 spiro atoms. The summed E-state index contributed by atoms with van der Waals surface area (Å²) in [6.45, 7) is 10.1. The van der Waals surface area contributed by atoms with Crippen LogP contribution in [0.25, 0.3) is 11.3 Å². The summed E-state index contributed by atoms with van der Waals surface area (Å²) in [4.78, 5) is 17.2. The Morgan fingerprint density at radius 3 is 2.63 bits per heavy atom. The topological polar surface area (TPSA) is 78.4 Å². The second kappa shape index (κ2) is 9.71. The summed E-state index contributed by atoms with van der Waals surface area (Å²) in [5.74, 6) is -0.350. The van der Waals surface area contributed by atoms with Crippen LogP contribution in [0.15, 0.2) is 36.7 Å². The van der Waals surface area contributed by atoms with Gasteiger partial charge in [0, 0.05) is 37.4 Å². The number of aromatic nitrogens is 3. The lowest BCUT2D eigenvalue weighted by Gasteiger charge is -2.28. The number of rotatable bonds is 6. The minimum atomic E-state index is -0.626. The molecule has 1 aromatic carbocycles. The minimum absolute atomic E-state index is 0.0244. The number of hydrogen-bond acceptors (Lipinski definition) is 8. The van der Waals surface area contributed by atoms with Gasteiger partial charge < -0.3 is 20.3 Å². The van der Waals surface area contributed by atoms with Gasteiger partial charge in [0.05, 0.1) is 37.0 Å². The van der Waals surface area contributed by atoms with Gasteiger partial charge in [-0.3, -0.25) is 4.90 Å². The number of ether oxygens (including phenoxy) is 1. The van der Waals surface area contributed by atoms with E-state index in [-0.39, 0.29) is 23.8 Å². The van der Waals surface area contributed by atoms with E-state index in [1.165, 1.54) is 6.07 Å². The lowest BCUT2D eigenvalue weighted by atomic mass is 10.1. The van der Waals surface area contributed by atoms with Crippen LogP contribution in [0, 0.1) is 11.6 Å². The summed E-state index contributed by atoms with van der Waals surface area (Å²) in [6, 6.07) is 7.03. The molecule has 184 valence electrons. The SMILES string of the molecule is CC(C)N1c2cc(-c3nc(Nc4ccc(CN5CCOCC5)cn4)ncc3F)cc(F)c2NC1C. The van der Waals surface area contributed by atoms with Gasteiger partial charge in [-0.2, -0.15) is 0 Å². The highest BCUT2D eigenvalue weighted by molar-refractivity contribution is 5.82. The molecular formula is C25H29F2N7O. The molecule has 0 radical (unpaired) electrons. The van der Waals surface area contributed by atoms with E-state index in [4.69, 9.17) is 4.74 Å². The van der Waals surface area contributed by atoms with Crippen molar-refractivity contribution >= 4 is 23.1 Å². The highest BCUT2D eigenvalue weighted by atomic mass is 19.1. The van der Waals surface area contributed by atoms with Crippen molar-refractivity contribution in [2.24, 2.45) is 0 Å². The second-order valence-corrected chi connectivity index (χ2v) is 9.13. The van der Waals surface area contributed by atoms with Gasteiger partial charge in [-0.25, -0.2) is 23.7 Å². The molecule has 5 rings (SSSR count). The van der Waals surface area contributed by atoms with Crippen LogP contribution in [0.4, 0.5) is 31.9 Å². The van der Waals surface area contributed by atoms with Gasteiger partial charge in [0.15, 0.2) is 5.82 Å². The van der Waals surface area contributed by atoms with Crippen LogP contribution < -0.4 is 15.5 Å². The molecule has 2 aliphatic rings. The van der Waals surface area contributed by atoms with Crippen molar-refractivity contribution in [3.8, 4) is 11.3 Å². The maximum absolute atomic E-state index is 14.9. The number of benzene rings is 1. The molecule has 2 aliphatic heterocycles. The maximum atomic E-state index is 14.9. The third-order valence-corrected chi connectivity index (χ3v) is 6.27. The molecule has 4 heterocycles. The predicted molar refractivity (Wildman–Crippen MR) is 132 cm³/mol. The highest BCUT2D eigenvalue weighted by Crippen LogP contribution is 2.41. The van der Waals surface area contributed by atoms with Gasteiger partial charge in [0.2, 0.25) is 5.95 Å². The fraction of sp³-hybridized carbons (Fsp3) is 0.400. The molecule has 0 aliphatic carbocycles. The average molecular weight is 482 g/mol. The molecule has 1 fully saturated rings. The molecule has 35 heavy (non-hydrogen) atoms. The molecule has 1 atom stereocenters. The van der Waals surface area contributed by atoms with Crippen molar-refractivity contribution in [3.05, 3.63) is 53.9 Å². The third kappa shape index (κ3) is 4.89. The third-order valence-electron chi connectivity index (χ3n) is 6.27. The molecule has 1 saturated heterocycles. The summed E-state index contributed by atoms with van der Waals surface area (Å²) in [5.41, 5.74) is 2.57. The fourth-order valence-electron chi connectivity index (χ4n) is 4.64. The highest BCUT2D eigenvalue weighted by Gasteiger charge is 2.31. The van der Waals surface area contributed by atoms with Crippen LogP contribution >= 0.6 is 0 Å². The largest absolute Gasteiger partial charge is 0.379 e. The van der Waals surface area contributed by atoms with Crippen LogP contribution in [0.1, 0.15) is 26.3 Å². The van der Waals surface area contributed by atoms with Gasteiger partial charge in [-0.1, -0.05) is 6.07 Å². The normalized spacial score (nSPS) is 18.0. The number of morpholine rings is 1. The molecule has 0 saturated carbocycles. The number of fused-ring (bicyclic) bond motifs is 1. The van der Waals surface area contributed by atoms with Gasteiger partial charge in [0.1, 0.15) is 17.3 Å². The molecule has 10 heteroatoms. The van der Waals surface area contributed by atoms with Crippen LogP contribution in [0.5, 0.6) is 0 Å². The number of halogens is 2. The Bertz CT molecular complexity index is 1200. The molecule has 0 bridgehead atoms. The van der Waals surface area contributed by atoms with Crippen molar-refractivity contribution in [1.29, 1.82) is 0 Å².